The molecule has 0 radical (unpaired) electrons. The van der Waals surface area contributed by atoms with Crippen molar-refractivity contribution in [1.82, 2.24) is 0 Å². The molecular weight excluding hydrogens is 192 g/mol. The van der Waals surface area contributed by atoms with Crippen LogP contribution in [0.3, 0.4) is 0 Å². The Kier molecular flexibility index (Phi) is 31.8. The molecule has 0 aromatic carbocycles. The highest BCUT2D eigenvalue weighted by molar-refractivity contribution is 4.73. The molecule has 0 aromatic rings. The van der Waals surface area contributed by atoms with Crippen molar-refractivity contribution in [3.63, 3.8) is 0 Å². The monoisotopic (exact) mass is 228 g/mol. The Balaban J connectivity index is -0.000000181. The number of rotatable bonds is 5. The summed E-state index contributed by atoms with van der Waals surface area (Å²) in [5.74, 6) is 0.904. The minimum Gasteiger partial charge on any atom is -0.0917 e. The molecule has 16 heavy (non-hydrogen) atoms. The summed E-state index contributed by atoms with van der Waals surface area (Å²) >= 11 is 0. The Hall–Kier alpha value is -0.260. The molecule has 0 atom stereocenters. The summed E-state index contributed by atoms with van der Waals surface area (Å²) in [6.45, 7) is 15.2. The molecule has 0 unspecified atom stereocenters. The molecule has 0 spiro atoms. The van der Waals surface area contributed by atoms with Crippen LogP contribution in [0.1, 0.15) is 87.0 Å². The van der Waals surface area contributed by atoms with Crippen LogP contribution in [-0.2, 0) is 0 Å². The number of hydrogen-bond donors (Lipinski definition) is 0. The van der Waals surface area contributed by atoms with Crippen molar-refractivity contribution < 1.29 is 0 Å². The third kappa shape index (κ3) is 49.1. The van der Waals surface area contributed by atoms with E-state index in [2.05, 4.69) is 53.7 Å². The first-order chi connectivity index (χ1) is 7.60. The maximum absolute atomic E-state index is 2.29. The van der Waals surface area contributed by atoms with E-state index in [4.69, 9.17) is 0 Å². The fourth-order valence-electron chi connectivity index (χ4n) is 1.04. The normalized spacial score (nSPS) is 9.50. The lowest BCUT2D eigenvalue weighted by atomic mass is 10.1. The van der Waals surface area contributed by atoms with Gasteiger partial charge in [-0.25, -0.2) is 0 Å². The van der Waals surface area contributed by atoms with Gasteiger partial charge < -0.3 is 0 Å². The first-order valence-electron chi connectivity index (χ1n) is 7.21. The van der Waals surface area contributed by atoms with Crippen molar-refractivity contribution in [2.45, 2.75) is 87.0 Å². The average Bonchev–Trinajstić information content (AvgIpc) is 2.21. The van der Waals surface area contributed by atoms with Crippen LogP contribution in [-0.4, -0.2) is 0 Å². The van der Waals surface area contributed by atoms with Gasteiger partial charge in [0.05, 0.1) is 0 Å². The van der Waals surface area contributed by atoms with E-state index in [1.807, 2.05) is 6.92 Å². The van der Waals surface area contributed by atoms with Crippen LogP contribution in [0, 0.1) is 5.92 Å². The van der Waals surface area contributed by atoms with E-state index in [0.717, 1.165) is 12.3 Å². The maximum atomic E-state index is 2.29. The number of unbranched alkanes of at least 4 members (excludes halogenated alkanes) is 2. The van der Waals surface area contributed by atoms with Crippen molar-refractivity contribution in [3.05, 3.63) is 12.2 Å². The van der Waals surface area contributed by atoms with Crippen LogP contribution in [0.25, 0.3) is 0 Å². The van der Waals surface area contributed by atoms with Crippen LogP contribution in [0.4, 0.5) is 0 Å². The van der Waals surface area contributed by atoms with Crippen molar-refractivity contribution in [3.8, 4) is 0 Å². The van der Waals surface area contributed by atoms with Gasteiger partial charge in [0.2, 0.25) is 0 Å². The summed E-state index contributed by atoms with van der Waals surface area (Å²) in [5, 5.41) is 0. The zero-order chi connectivity index (χ0) is 13.2. The molecule has 0 bridgehead atoms. The number of hydrogen-bond acceptors (Lipinski definition) is 0. The van der Waals surface area contributed by atoms with Gasteiger partial charge in [-0.05, 0) is 19.3 Å². The number of allylic oxidation sites excluding steroid dienone is 2. The van der Waals surface area contributed by atoms with Crippen molar-refractivity contribution in [1.29, 1.82) is 0 Å². The molecule has 0 nitrogen and oxygen atoms in total. The molecule has 0 aliphatic carbocycles. The highest BCUT2D eigenvalue weighted by atomic mass is 14.0. The molecule has 0 amide bonds. The van der Waals surface area contributed by atoms with Gasteiger partial charge in [-0.15, -0.1) is 0 Å². The molecule has 0 N–H and O–H groups in total. The van der Waals surface area contributed by atoms with Crippen molar-refractivity contribution >= 4 is 0 Å². The van der Waals surface area contributed by atoms with Gasteiger partial charge in [0.25, 0.3) is 0 Å². The van der Waals surface area contributed by atoms with Crippen LogP contribution in [0.5, 0.6) is 0 Å². The molecular formula is C16H36. The first kappa shape index (κ1) is 21.1. The predicted molar refractivity (Wildman–Crippen MR) is 80.1 cm³/mol. The van der Waals surface area contributed by atoms with E-state index in [-0.39, 0.29) is 0 Å². The molecule has 100 valence electrons. The molecule has 0 saturated heterocycles. The largest absolute Gasteiger partial charge is 0.0917 e. The van der Waals surface area contributed by atoms with E-state index < -0.39 is 0 Å². The second kappa shape index (κ2) is 24.1. The summed E-state index contributed by atoms with van der Waals surface area (Å²) < 4.78 is 0. The van der Waals surface area contributed by atoms with Crippen LogP contribution in [0.15, 0.2) is 12.2 Å². The van der Waals surface area contributed by atoms with Crippen LogP contribution >= 0.6 is 0 Å². The van der Waals surface area contributed by atoms with Gasteiger partial charge in [0, 0.05) is 0 Å². The molecule has 0 aliphatic heterocycles. The Bertz CT molecular complexity index is 101. The van der Waals surface area contributed by atoms with Crippen LogP contribution < -0.4 is 0 Å². The SMILES string of the molecule is C/C=C\CC.CCC.CCCCCC(C)C. The molecule has 0 aliphatic rings. The summed E-state index contributed by atoms with van der Waals surface area (Å²) in [6, 6.07) is 0. The fourth-order valence-corrected chi connectivity index (χ4v) is 1.04. The molecule has 0 heteroatoms. The highest BCUT2D eigenvalue weighted by Gasteiger charge is 1.90. The zero-order valence-electron chi connectivity index (χ0n) is 13.0. The average molecular weight is 228 g/mol. The molecule has 0 saturated carbocycles. The lowest BCUT2D eigenvalue weighted by Crippen LogP contribution is -1.85. The van der Waals surface area contributed by atoms with Gasteiger partial charge in [-0.2, -0.15) is 0 Å². The van der Waals surface area contributed by atoms with Crippen molar-refractivity contribution in [2.24, 2.45) is 5.92 Å². The van der Waals surface area contributed by atoms with Gasteiger partial charge >= 0.3 is 0 Å². The summed E-state index contributed by atoms with van der Waals surface area (Å²) in [6.07, 6.45) is 12.2. The Morgan fingerprint density at radius 3 is 1.62 bits per heavy atom. The van der Waals surface area contributed by atoms with E-state index in [1.165, 1.54) is 32.1 Å². The standard InChI is InChI=1S/C8H18.C5H10.C3H8/c1-4-5-6-7-8(2)3;1-3-5-4-2;1-3-2/h8H,4-7H2,1-3H3;3,5H,4H2,1-2H3;3H2,1-2H3/b;5-3-;. The zero-order valence-corrected chi connectivity index (χ0v) is 13.0. The lowest BCUT2D eigenvalue weighted by Gasteiger charge is -2.00. The quantitative estimate of drug-likeness (QED) is 0.367. The topological polar surface area (TPSA) is 0 Å². The summed E-state index contributed by atoms with van der Waals surface area (Å²) in [5.41, 5.74) is 0. The Morgan fingerprint density at radius 2 is 1.44 bits per heavy atom. The summed E-state index contributed by atoms with van der Waals surface area (Å²) in [7, 11) is 0. The van der Waals surface area contributed by atoms with E-state index in [1.54, 1.807) is 0 Å². The third-order valence-corrected chi connectivity index (χ3v) is 1.86. The highest BCUT2D eigenvalue weighted by Crippen LogP contribution is 2.06. The van der Waals surface area contributed by atoms with E-state index in [0.29, 0.717) is 0 Å². The molecule has 0 heterocycles. The maximum Gasteiger partial charge on any atom is -0.0379 e. The fraction of sp³-hybridized carbons (Fsp3) is 0.875. The van der Waals surface area contributed by atoms with Gasteiger partial charge in [-0.3, -0.25) is 0 Å². The first-order valence-corrected chi connectivity index (χ1v) is 7.21. The Morgan fingerprint density at radius 1 is 0.938 bits per heavy atom. The third-order valence-electron chi connectivity index (χ3n) is 1.86. The molecule has 0 rings (SSSR count). The van der Waals surface area contributed by atoms with Gasteiger partial charge in [-0.1, -0.05) is 85.8 Å². The van der Waals surface area contributed by atoms with E-state index in [9.17, 15) is 0 Å². The van der Waals surface area contributed by atoms with Gasteiger partial charge in [0.15, 0.2) is 0 Å². The Labute approximate surface area is 106 Å². The minimum absolute atomic E-state index is 0.904. The van der Waals surface area contributed by atoms with Crippen molar-refractivity contribution in [2.75, 3.05) is 0 Å². The molecule has 0 fully saturated rings. The second-order valence-electron chi connectivity index (χ2n) is 4.57. The smallest absolute Gasteiger partial charge is 0.0379 e. The van der Waals surface area contributed by atoms with E-state index >= 15 is 0 Å². The summed E-state index contributed by atoms with van der Waals surface area (Å²) in [4.78, 5) is 0. The minimum atomic E-state index is 0.904. The van der Waals surface area contributed by atoms with Gasteiger partial charge in [0.1, 0.15) is 0 Å². The predicted octanol–water partition coefficient (Wildman–Crippen LogP) is 6.61. The lowest BCUT2D eigenvalue weighted by molar-refractivity contribution is 0.534. The molecule has 0 aromatic heterocycles. The van der Waals surface area contributed by atoms with Crippen LogP contribution in [0.2, 0.25) is 0 Å². The second-order valence-corrected chi connectivity index (χ2v) is 4.57.